The molecule has 1 aliphatic rings. The average molecular weight is 354 g/mol. The normalized spacial score (nSPS) is 14.2. The predicted molar refractivity (Wildman–Crippen MR) is 81.3 cm³/mol. The number of hydrogen-bond acceptors (Lipinski definition) is 5. The van der Waals surface area contributed by atoms with Crippen LogP contribution in [-0.4, -0.2) is 25.9 Å². The zero-order valence-electron chi connectivity index (χ0n) is 12.3. The fourth-order valence-corrected chi connectivity index (χ4v) is 2.98. The second kappa shape index (κ2) is 6.16. The van der Waals surface area contributed by atoms with Crippen LogP contribution in [0.1, 0.15) is 22.3 Å². The van der Waals surface area contributed by atoms with Crippen LogP contribution in [-0.2, 0) is 16.9 Å². The summed E-state index contributed by atoms with van der Waals surface area (Å²) in [7, 11) is -5.22. The van der Waals surface area contributed by atoms with Crippen LogP contribution in [0.2, 0.25) is 0 Å². The Balaban J connectivity index is 1.95. The van der Waals surface area contributed by atoms with Gasteiger partial charge < -0.3 is 9.08 Å². The molecule has 6 nitrogen and oxygen atoms in total. The van der Waals surface area contributed by atoms with E-state index in [9.17, 15) is 21.5 Å². The molecule has 0 saturated heterocycles. The highest BCUT2D eigenvalue weighted by Crippen LogP contribution is 2.31. The number of para-hydroxylation sites is 1. The van der Waals surface area contributed by atoms with Gasteiger partial charge in [0.2, 0.25) is 0 Å². The maximum absolute atomic E-state index is 14.1. The Morgan fingerprint density at radius 2 is 2.08 bits per heavy atom. The molecule has 0 aliphatic carbocycles. The van der Waals surface area contributed by atoms with Crippen LogP contribution in [0.4, 0.5) is 14.0 Å². The summed E-state index contributed by atoms with van der Waals surface area (Å²) in [5.74, 6) is -1.53. The smallest absolute Gasteiger partial charge is 0.357 e. The highest BCUT2D eigenvalue weighted by molar-refractivity contribution is 7.81. The van der Waals surface area contributed by atoms with Crippen LogP contribution in [0.5, 0.6) is 5.75 Å². The topological polar surface area (TPSA) is 76.6 Å². The molecule has 24 heavy (non-hydrogen) atoms. The highest BCUT2D eigenvalue weighted by atomic mass is 32.3. The van der Waals surface area contributed by atoms with Crippen molar-refractivity contribution < 1.29 is 25.7 Å². The molecule has 0 fully saturated rings. The molecule has 0 spiro atoms. The van der Waals surface area contributed by atoms with E-state index in [2.05, 4.69) is 9.17 Å². The van der Waals surface area contributed by atoms with E-state index in [-0.39, 0.29) is 11.3 Å². The number of benzene rings is 1. The minimum absolute atomic E-state index is 0.0350. The number of carbonyl (C=O) groups is 1. The van der Waals surface area contributed by atoms with E-state index in [0.29, 0.717) is 24.9 Å². The van der Waals surface area contributed by atoms with E-state index < -0.39 is 28.0 Å². The van der Waals surface area contributed by atoms with Crippen molar-refractivity contribution in [1.82, 2.24) is 4.98 Å². The first-order valence-corrected chi connectivity index (χ1v) is 8.34. The molecule has 9 heteroatoms. The quantitative estimate of drug-likeness (QED) is 0.791. The van der Waals surface area contributed by atoms with Crippen molar-refractivity contribution in [3.05, 3.63) is 53.6 Å². The molecular formula is C15H12F2N2O4S. The van der Waals surface area contributed by atoms with Crippen LogP contribution in [0, 0.1) is 5.82 Å². The van der Waals surface area contributed by atoms with Crippen LogP contribution in [0.25, 0.3) is 0 Å². The molecule has 2 heterocycles. The molecule has 0 unspecified atom stereocenters. The van der Waals surface area contributed by atoms with Crippen molar-refractivity contribution in [2.45, 2.75) is 12.8 Å². The minimum atomic E-state index is -5.22. The number of amides is 1. The van der Waals surface area contributed by atoms with Crippen LogP contribution < -0.4 is 9.08 Å². The second-order valence-electron chi connectivity index (χ2n) is 5.19. The van der Waals surface area contributed by atoms with E-state index in [1.54, 1.807) is 12.1 Å². The highest BCUT2D eigenvalue weighted by Gasteiger charge is 2.27. The van der Waals surface area contributed by atoms with Crippen LogP contribution in [0.3, 0.4) is 0 Å². The molecule has 1 aliphatic heterocycles. The first-order valence-electron chi connectivity index (χ1n) is 7.03. The molecule has 3 rings (SSSR count). The van der Waals surface area contributed by atoms with Gasteiger partial charge in [-0.2, -0.15) is 8.42 Å². The SMILES string of the molecule is O=C(c1cncc(OS(=O)(=O)F)c1)N1CCCc2cccc(F)c21. The van der Waals surface area contributed by atoms with E-state index in [1.165, 1.54) is 17.2 Å². The number of fused-ring (bicyclic) bond motifs is 1. The predicted octanol–water partition coefficient (Wildman–Crippen LogP) is 2.41. The average Bonchev–Trinajstić information content (AvgIpc) is 2.52. The molecule has 1 aromatic heterocycles. The van der Waals surface area contributed by atoms with Gasteiger partial charge in [-0.25, -0.2) is 4.39 Å². The molecule has 0 radical (unpaired) electrons. The number of rotatable bonds is 3. The van der Waals surface area contributed by atoms with Gasteiger partial charge in [0, 0.05) is 12.7 Å². The van der Waals surface area contributed by atoms with Gasteiger partial charge in [0.15, 0.2) is 5.75 Å². The van der Waals surface area contributed by atoms with Gasteiger partial charge in [-0.3, -0.25) is 9.78 Å². The third-order valence-electron chi connectivity index (χ3n) is 3.57. The summed E-state index contributed by atoms with van der Waals surface area (Å²) in [6, 6.07) is 5.62. The fourth-order valence-electron chi connectivity index (χ4n) is 2.66. The lowest BCUT2D eigenvalue weighted by Gasteiger charge is -2.29. The summed E-state index contributed by atoms with van der Waals surface area (Å²) in [5.41, 5.74) is 0.867. The number of halogens is 2. The van der Waals surface area contributed by atoms with Gasteiger partial charge in [0.05, 0.1) is 17.4 Å². The third-order valence-corrected chi connectivity index (χ3v) is 3.96. The standard InChI is InChI=1S/C15H12F2N2O4S/c16-13-5-1-3-10-4-2-6-19(14(10)13)15(20)11-7-12(9-18-8-11)23-24(17,21)22/h1,3,5,7-9H,2,4,6H2. The van der Waals surface area contributed by atoms with Crippen molar-refractivity contribution in [1.29, 1.82) is 0 Å². The van der Waals surface area contributed by atoms with Gasteiger partial charge in [-0.05, 0) is 30.5 Å². The summed E-state index contributed by atoms with van der Waals surface area (Å²) in [4.78, 5) is 17.6. The van der Waals surface area contributed by atoms with E-state index in [1.807, 2.05) is 0 Å². The van der Waals surface area contributed by atoms with Crippen LogP contribution in [0.15, 0.2) is 36.7 Å². The Hall–Kier alpha value is -2.55. The van der Waals surface area contributed by atoms with Crippen LogP contribution >= 0.6 is 0 Å². The number of aryl methyl sites for hydroxylation is 1. The Labute approximate surface area is 137 Å². The Bertz CT molecular complexity index is 902. The van der Waals surface area contributed by atoms with Crippen molar-refractivity contribution in [2.75, 3.05) is 11.4 Å². The maximum Gasteiger partial charge on any atom is 0.488 e. The number of hydrogen-bond donors (Lipinski definition) is 0. The molecule has 0 N–H and O–H groups in total. The molecule has 126 valence electrons. The lowest BCUT2D eigenvalue weighted by Crippen LogP contribution is -2.36. The number of nitrogens with zero attached hydrogens (tertiary/aromatic N) is 2. The largest absolute Gasteiger partial charge is 0.488 e. The second-order valence-corrected chi connectivity index (χ2v) is 6.15. The zero-order valence-corrected chi connectivity index (χ0v) is 13.1. The molecular weight excluding hydrogens is 342 g/mol. The Morgan fingerprint density at radius 1 is 1.29 bits per heavy atom. The number of aromatic nitrogens is 1. The molecule has 0 saturated carbocycles. The summed E-state index contributed by atoms with van der Waals surface area (Å²) in [6.07, 6.45) is 3.44. The van der Waals surface area contributed by atoms with Crippen molar-refractivity contribution in [3.8, 4) is 5.75 Å². The van der Waals surface area contributed by atoms with E-state index in [4.69, 9.17) is 0 Å². The molecule has 0 atom stereocenters. The Kier molecular flexibility index (Phi) is 4.18. The first-order chi connectivity index (χ1) is 11.3. The van der Waals surface area contributed by atoms with Gasteiger partial charge in [0.25, 0.3) is 5.91 Å². The number of anilines is 1. The van der Waals surface area contributed by atoms with Crippen molar-refractivity contribution in [3.63, 3.8) is 0 Å². The summed E-state index contributed by atoms with van der Waals surface area (Å²) >= 11 is 0. The molecule has 0 bridgehead atoms. The summed E-state index contributed by atoms with van der Waals surface area (Å²) in [6.45, 7) is 0.305. The van der Waals surface area contributed by atoms with E-state index >= 15 is 0 Å². The monoisotopic (exact) mass is 354 g/mol. The summed E-state index contributed by atoms with van der Waals surface area (Å²) < 4.78 is 51.9. The van der Waals surface area contributed by atoms with Gasteiger partial charge in [0.1, 0.15) is 5.82 Å². The number of pyridine rings is 1. The van der Waals surface area contributed by atoms with E-state index in [0.717, 1.165) is 12.3 Å². The van der Waals surface area contributed by atoms with Crippen molar-refractivity contribution >= 4 is 22.1 Å². The zero-order chi connectivity index (χ0) is 17.3. The molecule has 1 aromatic carbocycles. The van der Waals surface area contributed by atoms with Gasteiger partial charge in [-0.1, -0.05) is 16.0 Å². The maximum atomic E-state index is 14.1. The molecule has 2 aromatic rings. The third kappa shape index (κ3) is 3.35. The first kappa shape index (κ1) is 16.3. The van der Waals surface area contributed by atoms with Gasteiger partial charge >= 0.3 is 10.5 Å². The number of carbonyl (C=O) groups excluding carboxylic acids is 1. The van der Waals surface area contributed by atoms with Gasteiger partial charge in [-0.15, -0.1) is 0 Å². The summed E-state index contributed by atoms with van der Waals surface area (Å²) in [5, 5.41) is 0. The lowest BCUT2D eigenvalue weighted by molar-refractivity contribution is 0.0983. The fraction of sp³-hybridized carbons (Fsp3) is 0.200. The lowest BCUT2D eigenvalue weighted by atomic mass is 10.0. The van der Waals surface area contributed by atoms with Crippen molar-refractivity contribution in [2.24, 2.45) is 0 Å². The molecule has 1 amide bonds. The Morgan fingerprint density at radius 3 is 2.83 bits per heavy atom. The minimum Gasteiger partial charge on any atom is -0.357 e.